The van der Waals surface area contributed by atoms with Crippen molar-refractivity contribution in [2.24, 2.45) is 0 Å². The molecule has 2 aromatic rings. The van der Waals surface area contributed by atoms with Gasteiger partial charge >= 0.3 is 0 Å². The smallest absolute Gasteiger partial charge is 0.227 e. The zero-order chi connectivity index (χ0) is 20.6. The highest BCUT2D eigenvalue weighted by molar-refractivity contribution is 5.96. The minimum Gasteiger partial charge on any atom is -0.490 e. The van der Waals surface area contributed by atoms with Crippen LogP contribution in [0.3, 0.4) is 0 Å². The van der Waals surface area contributed by atoms with Crippen molar-refractivity contribution < 1.29 is 23.5 Å². The molecule has 0 bridgehead atoms. The number of halogens is 1. The lowest BCUT2D eigenvalue weighted by Crippen LogP contribution is -2.24. The summed E-state index contributed by atoms with van der Waals surface area (Å²) in [5.74, 6) is 0.493. The molecule has 1 aliphatic heterocycles. The van der Waals surface area contributed by atoms with E-state index in [-0.39, 0.29) is 23.9 Å². The summed E-state index contributed by atoms with van der Waals surface area (Å²) in [7, 11) is 0. The van der Waals surface area contributed by atoms with Gasteiger partial charge in [-0.15, -0.1) is 0 Å². The van der Waals surface area contributed by atoms with E-state index in [1.54, 1.807) is 6.07 Å². The molecule has 0 spiro atoms. The number of carbonyl (C=O) groups excluding carboxylic acids is 2. The maximum atomic E-state index is 14.3. The minimum absolute atomic E-state index is 0.0772. The third-order valence-corrected chi connectivity index (χ3v) is 4.55. The maximum Gasteiger partial charge on any atom is 0.227 e. The van der Waals surface area contributed by atoms with Gasteiger partial charge < -0.3 is 19.7 Å². The Morgan fingerprint density at radius 2 is 1.93 bits per heavy atom. The summed E-state index contributed by atoms with van der Waals surface area (Å²) in [6.45, 7) is 3.33. The van der Waals surface area contributed by atoms with Crippen LogP contribution in [0.1, 0.15) is 32.6 Å². The highest BCUT2D eigenvalue weighted by atomic mass is 19.1. The van der Waals surface area contributed by atoms with Gasteiger partial charge in [-0.2, -0.15) is 0 Å². The molecule has 0 unspecified atom stereocenters. The van der Waals surface area contributed by atoms with Crippen LogP contribution in [0.25, 0.3) is 0 Å². The molecule has 1 saturated heterocycles. The lowest BCUT2D eigenvalue weighted by atomic mass is 10.2. The largest absolute Gasteiger partial charge is 0.490 e. The van der Waals surface area contributed by atoms with Crippen LogP contribution in [0, 0.1) is 5.82 Å². The van der Waals surface area contributed by atoms with E-state index in [1.165, 1.54) is 17.0 Å². The molecule has 0 radical (unpaired) electrons. The average Bonchev–Trinajstić information content (AvgIpc) is 3.12. The number of para-hydroxylation sites is 2. The summed E-state index contributed by atoms with van der Waals surface area (Å²) in [6, 6.07) is 11.8. The van der Waals surface area contributed by atoms with E-state index in [9.17, 15) is 14.0 Å². The van der Waals surface area contributed by atoms with Gasteiger partial charge in [0.1, 0.15) is 5.82 Å². The molecule has 29 heavy (non-hydrogen) atoms. The monoisotopic (exact) mass is 400 g/mol. The molecular weight excluding hydrogens is 375 g/mol. The van der Waals surface area contributed by atoms with Crippen molar-refractivity contribution in [3.8, 4) is 11.5 Å². The lowest BCUT2D eigenvalue weighted by Gasteiger charge is -2.17. The summed E-state index contributed by atoms with van der Waals surface area (Å²) >= 11 is 0. The van der Waals surface area contributed by atoms with Gasteiger partial charge in [-0.1, -0.05) is 12.1 Å². The highest BCUT2D eigenvalue weighted by Gasteiger charge is 2.24. The molecule has 1 N–H and O–H groups in total. The Bertz CT molecular complexity index is 872. The van der Waals surface area contributed by atoms with E-state index in [0.29, 0.717) is 49.8 Å². The molecule has 0 aliphatic carbocycles. The second kappa shape index (κ2) is 9.91. The van der Waals surface area contributed by atoms with Crippen molar-refractivity contribution in [1.29, 1.82) is 0 Å². The molecule has 3 rings (SSSR count). The second-order valence-electron chi connectivity index (χ2n) is 6.70. The SMILES string of the molecule is CCOc1ccccc1OCCCC(=O)Nc1ccc(N2CCCC2=O)c(F)c1. The molecule has 6 nitrogen and oxygen atoms in total. The molecule has 0 aromatic heterocycles. The summed E-state index contributed by atoms with van der Waals surface area (Å²) in [4.78, 5) is 25.3. The van der Waals surface area contributed by atoms with Gasteiger partial charge in [0.05, 0.1) is 18.9 Å². The Kier molecular flexibility index (Phi) is 7.05. The van der Waals surface area contributed by atoms with Crippen LogP contribution in [-0.4, -0.2) is 31.6 Å². The molecule has 0 saturated carbocycles. The number of ether oxygens (including phenoxy) is 2. The van der Waals surface area contributed by atoms with Gasteiger partial charge in [0, 0.05) is 25.1 Å². The van der Waals surface area contributed by atoms with Crippen LogP contribution in [0.15, 0.2) is 42.5 Å². The molecule has 2 amide bonds. The van der Waals surface area contributed by atoms with Gasteiger partial charge in [0.25, 0.3) is 0 Å². The summed E-state index contributed by atoms with van der Waals surface area (Å²) in [6.07, 6.45) is 1.92. The quantitative estimate of drug-likeness (QED) is 0.642. The second-order valence-corrected chi connectivity index (χ2v) is 6.70. The molecule has 2 aromatic carbocycles. The summed E-state index contributed by atoms with van der Waals surface area (Å²) in [5, 5.41) is 2.68. The molecule has 154 valence electrons. The Labute approximate surface area is 169 Å². The number of anilines is 2. The number of rotatable bonds is 9. The van der Waals surface area contributed by atoms with E-state index in [4.69, 9.17) is 9.47 Å². The number of benzene rings is 2. The van der Waals surface area contributed by atoms with Crippen LogP contribution in [-0.2, 0) is 9.59 Å². The first-order valence-electron chi connectivity index (χ1n) is 9.83. The van der Waals surface area contributed by atoms with Crippen molar-refractivity contribution in [2.45, 2.75) is 32.6 Å². The van der Waals surface area contributed by atoms with Crippen molar-refractivity contribution >= 4 is 23.2 Å². The van der Waals surface area contributed by atoms with Crippen molar-refractivity contribution in [2.75, 3.05) is 30.0 Å². The molecule has 7 heteroatoms. The number of hydrogen-bond donors (Lipinski definition) is 1. The fourth-order valence-electron chi connectivity index (χ4n) is 3.19. The Hall–Kier alpha value is -3.09. The van der Waals surface area contributed by atoms with Crippen LogP contribution >= 0.6 is 0 Å². The molecule has 1 fully saturated rings. The number of hydrogen-bond acceptors (Lipinski definition) is 4. The summed E-state index contributed by atoms with van der Waals surface area (Å²) < 4.78 is 25.5. The fourth-order valence-corrected chi connectivity index (χ4v) is 3.19. The van der Waals surface area contributed by atoms with Gasteiger partial charge in [0.15, 0.2) is 11.5 Å². The Balaban J connectivity index is 1.46. The summed E-state index contributed by atoms with van der Waals surface area (Å²) in [5.41, 5.74) is 0.623. The Morgan fingerprint density at radius 3 is 2.59 bits per heavy atom. The van der Waals surface area contributed by atoms with E-state index in [1.807, 2.05) is 31.2 Å². The van der Waals surface area contributed by atoms with Crippen LogP contribution in [0.5, 0.6) is 11.5 Å². The number of amides is 2. The minimum atomic E-state index is -0.520. The van der Waals surface area contributed by atoms with Crippen molar-refractivity contribution in [3.63, 3.8) is 0 Å². The topological polar surface area (TPSA) is 67.9 Å². The van der Waals surface area contributed by atoms with Crippen LogP contribution < -0.4 is 19.7 Å². The average molecular weight is 400 g/mol. The zero-order valence-corrected chi connectivity index (χ0v) is 16.4. The van der Waals surface area contributed by atoms with E-state index >= 15 is 0 Å². The predicted molar refractivity (Wildman–Crippen MR) is 109 cm³/mol. The van der Waals surface area contributed by atoms with Gasteiger partial charge in [-0.3, -0.25) is 9.59 Å². The van der Waals surface area contributed by atoms with Crippen LogP contribution in [0.4, 0.5) is 15.8 Å². The van der Waals surface area contributed by atoms with E-state index < -0.39 is 5.82 Å². The first-order valence-corrected chi connectivity index (χ1v) is 9.83. The third-order valence-electron chi connectivity index (χ3n) is 4.55. The van der Waals surface area contributed by atoms with Gasteiger partial charge in [-0.05, 0) is 50.1 Å². The number of nitrogens with zero attached hydrogens (tertiary/aromatic N) is 1. The van der Waals surface area contributed by atoms with Crippen LogP contribution in [0.2, 0.25) is 0 Å². The predicted octanol–water partition coefficient (Wildman–Crippen LogP) is 4.15. The zero-order valence-electron chi connectivity index (χ0n) is 16.4. The molecule has 1 heterocycles. The Morgan fingerprint density at radius 1 is 1.17 bits per heavy atom. The van der Waals surface area contributed by atoms with E-state index in [0.717, 1.165) is 6.42 Å². The third kappa shape index (κ3) is 5.47. The fraction of sp³-hybridized carbons (Fsp3) is 0.364. The first kappa shape index (κ1) is 20.6. The van der Waals surface area contributed by atoms with E-state index in [2.05, 4.69) is 5.32 Å². The molecule has 0 atom stereocenters. The van der Waals surface area contributed by atoms with Gasteiger partial charge in [0.2, 0.25) is 11.8 Å². The maximum absolute atomic E-state index is 14.3. The van der Waals surface area contributed by atoms with Crippen molar-refractivity contribution in [3.05, 3.63) is 48.3 Å². The first-order chi connectivity index (χ1) is 14.1. The number of carbonyl (C=O) groups is 2. The molecule has 1 aliphatic rings. The molecular formula is C22H25FN2O4. The van der Waals surface area contributed by atoms with Crippen molar-refractivity contribution in [1.82, 2.24) is 0 Å². The number of nitrogens with one attached hydrogen (secondary N) is 1. The van der Waals surface area contributed by atoms with Gasteiger partial charge in [-0.25, -0.2) is 4.39 Å². The lowest BCUT2D eigenvalue weighted by molar-refractivity contribution is -0.117. The highest BCUT2D eigenvalue weighted by Crippen LogP contribution is 2.28. The normalized spacial score (nSPS) is 13.4. The standard InChI is InChI=1S/C22H25FN2O4/c1-2-28-19-7-3-4-8-20(19)29-14-6-9-21(26)24-16-11-12-18(17(23)15-16)25-13-5-10-22(25)27/h3-4,7-8,11-12,15H,2,5-6,9-10,13-14H2,1H3,(H,24,26).